The van der Waals surface area contributed by atoms with E-state index >= 15 is 0 Å². The van der Waals surface area contributed by atoms with Gasteiger partial charge in [0.1, 0.15) is 0 Å². The lowest BCUT2D eigenvalue weighted by Crippen LogP contribution is -2.21. The first-order valence-electron chi connectivity index (χ1n) is 6.72. The van der Waals surface area contributed by atoms with Crippen LogP contribution in [0.15, 0.2) is 16.2 Å². The van der Waals surface area contributed by atoms with Crippen molar-refractivity contribution in [3.8, 4) is 6.07 Å². The Bertz CT molecular complexity index is 853. The van der Waals surface area contributed by atoms with E-state index < -0.39 is 11.4 Å². The van der Waals surface area contributed by atoms with Gasteiger partial charge < -0.3 is 4.74 Å². The van der Waals surface area contributed by atoms with Crippen LogP contribution in [0, 0.1) is 16.7 Å². The van der Waals surface area contributed by atoms with Gasteiger partial charge in [-0.2, -0.15) is 5.26 Å². The topological polar surface area (TPSA) is 84.5 Å². The van der Waals surface area contributed by atoms with Crippen LogP contribution < -0.4 is 5.56 Å². The molecule has 0 bridgehead atoms. The third-order valence-electron chi connectivity index (χ3n) is 3.78. The van der Waals surface area contributed by atoms with E-state index in [9.17, 15) is 14.9 Å². The SMILES string of the molecule is CCOC(=O)[C@]1(C#N)CC1c1csc2nc(CCl)cc(=O)n12. The minimum atomic E-state index is -1.19. The van der Waals surface area contributed by atoms with Gasteiger partial charge in [-0.3, -0.25) is 14.0 Å². The number of rotatable bonds is 4. The molecule has 0 aromatic carbocycles. The first kappa shape index (κ1) is 15.0. The summed E-state index contributed by atoms with van der Waals surface area (Å²) in [6, 6.07) is 3.43. The van der Waals surface area contributed by atoms with Crippen molar-refractivity contribution >= 4 is 33.9 Å². The minimum absolute atomic E-state index is 0.160. The van der Waals surface area contributed by atoms with E-state index in [1.807, 2.05) is 0 Å². The lowest BCUT2D eigenvalue weighted by molar-refractivity contribution is -0.147. The second-order valence-corrected chi connectivity index (χ2v) is 6.16. The molecule has 0 spiro atoms. The smallest absolute Gasteiger partial charge is 0.327 e. The Morgan fingerprint density at radius 2 is 2.50 bits per heavy atom. The van der Waals surface area contributed by atoms with Crippen LogP contribution in [0.1, 0.15) is 30.7 Å². The molecule has 6 nitrogen and oxygen atoms in total. The monoisotopic (exact) mass is 337 g/mol. The summed E-state index contributed by atoms with van der Waals surface area (Å²) in [5, 5.41) is 11.1. The largest absolute Gasteiger partial charge is 0.465 e. The highest BCUT2D eigenvalue weighted by Crippen LogP contribution is 2.59. The molecular weight excluding hydrogens is 326 g/mol. The van der Waals surface area contributed by atoms with Gasteiger partial charge in [-0.15, -0.1) is 22.9 Å². The summed E-state index contributed by atoms with van der Waals surface area (Å²) in [6.45, 7) is 1.92. The average molecular weight is 338 g/mol. The Balaban J connectivity index is 2.05. The van der Waals surface area contributed by atoms with E-state index in [0.29, 0.717) is 22.8 Å². The Labute approximate surface area is 134 Å². The van der Waals surface area contributed by atoms with Crippen molar-refractivity contribution in [3.05, 3.63) is 33.2 Å². The molecule has 0 amide bonds. The van der Waals surface area contributed by atoms with Crippen LogP contribution in [0.4, 0.5) is 0 Å². The zero-order chi connectivity index (χ0) is 15.9. The standard InChI is InChI=1S/C14H12ClN3O3S/c1-2-21-12(20)14(7-16)4-9(14)10-6-22-13-17-8(5-15)3-11(19)18(10)13/h3,6,9H,2,4-5H2,1H3/t9?,14-/m0/s1. The average Bonchev–Trinajstić information content (AvgIpc) is 3.11. The summed E-state index contributed by atoms with van der Waals surface area (Å²) in [5.74, 6) is -0.709. The molecule has 1 aliphatic rings. The molecule has 1 fully saturated rings. The van der Waals surface area contributed by atoms with Crippen LogP contribution in [-0.4, -0.2) is 22.0 Å². The molecule has 1 unspecified atom stereocenters. The maximum Gasteiger partial charge on any atom is 0.327 e. The number of carbonyl (C=O) groups is 1. The molecule has 0 saturated heterocycles. The lowest BCUT2D eigenvalue weighted by atomic mass is 10.1. The summed E-state index contributed by atoms with van der Waals surface area (Å²) in [7, 11) is 0. The zero-order valence-corrected chi connectivity index (χ0v) is 13.3. The maximum atomic E-state index is 12.2. The highest BCUT2D eigenvalue weighted by molar-refractivity contribution is 7.15. The van der Waals surface area contributed by atoms with Crippen LogP contribution >= 0.6 is 22.9 Å². The molecular formula is C14H12ClN3O3S. The van der Waals surface area contributed by atoms with Crippen LogP contribution in [-0.2, 0) is 15.4 Å². The number of halogens is 1. The van der Waals surface area contributed by atoms with Crippen molar-refractivity contribution in [1.29, 1.82) is 5.26 Å². The number of hydrogen-bond donors (Lipinski definition) is 0. The van der Waals surface area contributed by atoms with Gasteiger partial charge in [0.25, 0.3) is 5.56 Å². The van der Waals surface area contributed by atoms with Gasteiger partial charge in [-0.05, 0) is 13.3 Å². The van der Waals surface area contributed by atoms with Gasteiger partial charge in [0.2, 0.25) is 0 Å². The Kier molecular flexibility index (Phi) is 3.67. The molecule has 114 valence electrons. The number of nitrogens with zero attached hydrogens (tertiary/aromatic N) is 3. The molecule has 2 atom stereocenters. The molecule has 2 aromatic heterocycles. The van der Waals surface area contributed by atoms with Crippen molar-refractivity contribution in [2.24, 2.45) is 5.41 Å². The fourth-order valence-electron chi connectivity index (χ4n) is 2.57. The second kappa shape index (κ2) is 5.38. The summed E-state index contributed by atoms with van der Waals surface area (Å²) in [6.07, 6.45) is 0.359. The first-order valence-corrected chi connectivity index (χ1v) is 8.13. The van der Waals surface area contributed by atoms with E-state index in [1.165, 1.54) is 21.8 Å². The number of thiazole rings is 1. The summed E-state index contributed by atoms with van der Waals surface area (Å²) < 4.78 is 6.44. The van der Waals surface area contributed by atoms with Crippen molar-refractivity contribution in [3.63, 3.8) is 0 Å². The predicted octanol–water partition coefficient (Wildman–Crippen LogP) is 2.06. The van der Waals surface area contributed by atoms with Gasteiger partial charge in [0, 0.05) is 23.1 Å². The number of hydrogen-bond acceptors (Lipinski definition) is 6. The number of aromatic nitrogens is 2. The fraction of sp³-hybridized carbons (Fsp3) is 0.429. The van der Waals surface area contributed by atoms with Crippen LogP contribution in [0.2, 0.25) is 0 Å². The molecule has 3 rings (SSSR count). The number of alkyl halides is 1. The number of esters is 1. The van der Waals surface area contributed by atoms with Crippen LogP contribution in [0.25, 0.3) is 4.96 Å². The number of carbonyl (C=O) groups excluding carboxylic acids is 1. The molecule has 1 aliphatic carbocycles. The third-order valence-corrected chi connectivity index (χ3v) is 4.90. The summed E-state index contributed by atoms with van der Waals surface area (Å²) >= 11 is 7.01. The summed E-state index contributed by atoms with van der Waals surface area (Å²) in [5.41, 5.74) is -0.297. The van der Waals surface area contributed by atoms with Crippen molar-refractivity contribution < 1.29 is 9.53 Å². The Hall–Kier alpha value is -1.91. The van der Waals surface area contributed by atoms with E-state index in [0.717, 1.165) is 0 Å². The van der Waals surface area contributed by atoms with Gasteiger partial charge in [0.05, 0.1) is 24.3 Å². The maximum absolute atomic E-state index is 12.2. The van der Waals surface area contributed by atoms with Crippen LogP contribution in [0.5, 0.6) is 0 Å². The zero-order valence-electron chi connectivity index (χ0n) is 11.7. The van der Waals surface area contributed by atoms with Crippen molar-refractivity contribution in [2.45, 2.75) is 25.1 Å². The van der Waals surface area contributed by atoms with Gasteiger partial charge in [-0.25, -0.2) is 4.98 Å². The highest BCUT2D eigenvalue weighted by atomic mass is 35.5. The quantitative estimate of drug-likeness (QED) is 0.629. The van der Waals surface area contributed by atoms with E-state index in [-0.39, 0.29) is 24.0 Å². The molecule has 8 heteroatoms. The highest BCUT2D eigenvalue weighted by Gasteiger charge is 2.64. The Morgan fingerprint density at radius 1 is 1.73 bits per heavy atom. The predicted molar refractivity (Wildman–Crippen MR) is 80.9 cm³/mol. The normalized spacial score (nSPS) is 23.2. The second-order valence-electron chi connectivity index (χ2n) is 5.06. The lowest BCUT2D eigenvalue weighted by Gasteiger charge is -2.07. The van der Waals surface area contributed by atoms with Gasteiger partial charge >= 0.3 is 5.97 Å². The molecule has 0 radical (unpaired) electrons. The molecule has 1 saturated carbocycles. The fourth-order valence-corrected chi connectivity index (χ4v) is 3.67. The van der Waals surface area contributed by atoms with Crippen molar-refractivity contribution in [1.82, 2.24) is 9.38 Å². The number of ether oxygens (including phenoxy) is 1. The molecule has 2 aromatic rings. The van der Waals surface area contributed by atoms with E-state index in [1.54, 1.807) is 12.3 Å². The third kappa shape index (κ3) is 2.11. The molecule has 2 heterocycles. The Morgan fingerprint density at radius 3 is 3.14 bits per heavy atom. The van der Waals surface area contributed by atoms with Gasteiger partial charge in [-0.1, -0.05) is 0 Å². The minimum Gasteiger partial charge on any atom is -0.465 e. The van der Waals surface area contributed by atoms with Crippen LogP contribution in [0.3, 0.4) is 0 Å². The van der Waals surface area contributed by atoms with E-state index in [4.69, 9.17) is 16.3 Å². The molecule has 0 aliphatic heterocycles. The van der Waals surface area contributed by atoms with Gasteiger partial charge in [0.15, 0.2) is 10.4 Å². The van der Waals surface area contributed by atoms with E-state index in [2.05, 4.69) is 11.1 Å². The number of nitriles is 1. The van der Waals surface area contributed by atoms with Crippen molar-refractivity contribution in [2.75, 3.05) is 6.61 Å². The molecule has 0 N–H and O–H groups in total. The first-order chi connectivity index (χ1) is 10.6. The molecule has 22 heavy (non-hydrogen) atoms. The summed E-state index contributed by atoms with van der Waals surface area (Å²) in [4.78, 5) is 29.1. The number of fused-ring (bicyclic) bond motifs is 1.